The molecule has 2 heterocycles. The lowest BCUT2D eigenvalue weighted by Gasteiger charge is -2.20. The molecule has 2 aromatic rings. The number of amides is 1. The number of nitrogens with zero attached hydrogens (tertiary/aromatic N) is 1. The Kier molecular flexibility index (Phi) is 4.09. The molecule has 3 rings (SSSR count). The molecule has 110 valence electrons. The van der Waals surface area contributed by atoms with E-state index in [-0.39, 0.29) is 11.8 Å². The Bertz CT molecular complexity index is 580. The van der Waals surface area contributed by atoms with E-state index in [1.807, 2.05) is 17.0 Å². The van der Waals surface area contributed by atoms with Crippen molar-refractivity contribution in [1.82, 2.24) is 4.90 Å². The summed E-state index contributed by atoms with van der Waals surface area (Å²) in [6, 6.07) is 12.2. The normalized spacial score (nSPS) is 16.1. The number of furan rings is 1. The van der Waals surface area contributed by atoms with Gasteiger partial charge in [0.25, 0.3) is 0 Å². The average molecular weight is 283 g/mol. The Balaban J connectivity index is 1.82. The fraction of sp³-hybridized carbons (Fsp3) is 0.389. The van der Waals surface area contributed by atoms with Gasteiger partial charge in [-0.3, -0.25) is 4.79 Å². The molecule has 1 aliphatic rings. The van der Waals surface area contributed by atoms with Crippen LogP contribution in [0.5, 0.6) is 0 Å². The van der Waals surface area contributed by atoms with Crippen molar-refractivity contribution in [1.29, 1.82) is 0 Å². The molecule has 3 heteroatoms. The molecule has 1 aliphatic heterocycles. The molecule has 0 unspecified atom stereocenters. The van der Waals surface area contributed by atoms with Crippen LogP contribution in [-0.2, 0) is 4.79 Å². The maximum absolute atomic E-state index is 12.5. The molecule has 3 nitrogen and oxygen atoms in total. The third-order valence-electron chi connectivity index (χ3n) is 4.20. The van der Waals surface area contributed by atoms with Crippen LogP contribution in [-0.4, -0.2) is 23.9 Å². The SMILES string of the molecule is Cc1ccc([C@@H](CC(=O)N2CCCC2)c2ccco2)cc1. The van der Waals surface area contributed by atoms with Crippen LogP contribution in [0.15, 0.2) is 47.1 Å². The van der Waals surface area contributed by atoms with E-state index in [9.17, 15) is 4.79 Å². The lowest BCUT2D eigenvalue weighted by molar-refractivity contribution is -0.130. The van der Waals surface area contributed by atoms with Crippen molar-refractivity contribution in [2.75, 3.05) is 13.1 Å². The molecule has 1 atom stereocenters. The lowest BCUT2D eigenvalue weighted by atomic mass is 9.92. The van der Waals surface area contributed by atoms with Crippen LogP contribution in [0.3, 0.4) is 0 Å². The molecule has 1 saturated heterocycles. The van der Waals surface area contributed by atoms with E-state index in [4.69, 9.17) is 4.42 Å². The van der Waals surface area contributed by atoms with Crippen LogP contribution >= 0.6 is 0 Å². The summed E-state index contributed by atoms with van der Waals surface area (Å²) >= 11 is 0. The van der Waals surface area contributed by atoms with E-state index in [1.54, 1.807) is 6.26 Å². The average Bonchev–Trinajstić information content (AvgIpc) is 3.19. The highest BCUT2D eigenvalue weighted by Crippen LogP contribution is 2.30. The van der Waals surface area contributed by atoms with Crippen molar-refractivity contribution in [2.45, 2.75) is 32.1 Å². The van der Waals surface area contributed by atoms with Gasteiger partial charge in [0.15, 0.2) is 0 Å². The maximum Gasteiger partial charge on any atom is 0.223 e. The van der Waals surface area contributed by atoms with Crippen molar-refractivity contribution in [3.63, 3.8) is 0 Å². The Labute approximate surface area is 125 Å². The first-order valence-corrected chi connectivity index (χ1v) is 7.62. The first kappa shape index (κ1) is 13.9. The van der Waals surface area contributed by atoms with Gasteiger partial charge in [0.2, 0.25) is 5.91 Å². The van der Waals surface area contributed by atoms with Crippen molar-refractivity contribution < 1.29 is 9.21 Å². The van der Waals surface area contributed by atoms with Crippen molar-refractivity contribution in [3.8, 4) is 0 Å². The van der Waals surface area contributed by atoms with Crippen LogP contribution in [0.1, 0.15) is 42.1 Å². The predicted molar refractivity (Wildman–Crippen MR) is 82.2 cm³/mol. The zero-order valence-electron chi connectivity index (χ0n) is 12.4. The number of hydrogen-bond acceptors (Lipinski definition) is 2. The standard InChI is InChI=1S/C18H21NO2/c1-14-6-8-15(9-7-14)16(17-5-4-12-21-17)13-18(20)19-10-2-3-11-19/h4-9,12,16H,2-3,10-11,13H2,1H3/t16-/m1/s1. The predicted octanol–water partition coefficient (Wildman–Crippen LogP) is 3.73. The van der Waals surface area contributed by atoms with E-state index in [1.165, 1.54) is 5.56 Å². The van der Waals surface area contributed by atoms with E-state index >= 15 is 0 Å². The largest absolute Gasteiger partial charge is 0.469 e. The lowest BCUT2D eigenvalue weighted by Crippen LogP contribution is -2.29. The van der Waals surface area contributed by atoms with Crippen molar-refractivity contribution >= 4 is 5.91 Å². The van der Waals surface area contributed by atoms with Gasteiger partial charge in [0.1, 0.15) is 5.76 Å². The molecule has 0 bridgehead atoms. The Morgan fingerprint density at radius 3 is 2.52 bits per heavy atom. The molecule has 1 aromatic heterocycles. The summed E-state index contributed by atoms with van der Waals surface area (Å²) in [5.74, 6) is 1.11. The highest BCUT2D eigenvalue weighted by Gasteiger charge is 2.25. The minimum atomic E-state index is 0.00806. The molecule has 0 N–H and O–H groups in total. The number of benzene rings is 1. The molecule has 21 heavy (non-hydrogen) atoms. The van der Waals surface area contributed by atoms with Gasteiger partial charge >= 0.3 is 0 Å². The second-order valence-corrected chi connectivity index (χ2v) is 5.77. The Hall–Kier alpha value is -2.03. The first-order chi connectivity index (χ1) is 10.2. The minimum Gasteiger partial charge on any atom is -0.469 e. The monoisotopic (exact) mass is 283 g/mol. The summed E-state index contributed by atoms with van der Waals surface area (Å²) in [5, 5.41) is 0. The summed E-state index contributed by atoms with van der Waals surface area (Å²) in [7, 11) is 0. The highest BCUT2D eigenvalue weighted by molar-refractivity contribution is 5.77. The van der Waals surface area contributed by atoms with E-state index < -0.39 is 0 Å². The van der Waals surface area contributed by atoms with E-state index in [0.29, 0.717) is 6.42 Å². The first-order valence-electron chi connectivity index (χ1n) is 7.62. The number of carbonyl (C=O) groups excluding carboxylic acids is 1. The summed E-state index contributed by atoms with van der Waals surface area (Å²) in [6.45, 7) is 3.87. The fourth-order valence-corrected chi connectivity index (χ4v) is 2.94. The van der Waals surface area contributed by atoms with Gasteiger partial charge in [-0.2, -0.15) is 0 Å². The molecule has 0 spiro atoms. The number of hydrogen-bond donors (Lipinski definition) is 0. The fourth-order valence-electron chi connectivity index (χ4n) is 2.94. The molecule has 0 saturated carbocycles. The van der Waals surface area contributed by atoms with Crippen molar-refractivity contribution in [2.24, 2.45) is 0 Å². The molecule has 0 aliphatic carbocycles. The van der Waals surface area contributed by atoms with Gasteiger partial charge < -0.3 is 9.32 Å². The molecular weight excluding hydrogens is 262 g/mol. The van der Waals surface area contributed by atoms with Gasteiger partial charge in [-0.25, -0.2) is 0 Å². The molecule has 1 amide bonds. The Morgan fingerprint density at radius 2 is 1.90 bits per heavy atom. The van der Waals surface area contributed by atoms with Gasteiger partial charge in [-0.1, -0.05) is 29.8 Å². The zero-order valence-corrected chi connectivity index (χ0v) is 12.4. The van der Waals surface area contributed by atoms with Gasteiger partial charge in [0.05, 0.1) is 12.2 Å². The molecule has 0 radical (unpaired) electrons. The number of rotatable bonds is 4. The zero-order chi connectivity index (χ0) is 14.7. The summed E-state index contributed by atoms with van der Waals surface area (Å²) < 4.78 is 5.57. The second-order valence-electron chi connectivity index (χ2n) is 5.77. The van der Waals surface area contributed by atoms with Crippen molar-refractivity contribution in [3.05, 3.63) is 59.5 Å². The molecular formula is C18H21NO2. The maximum atomic E-state index is 12.5. The summed E-state index contributed by atoms with van der Waals surface area (Å²) in [4.78, 5) is 14.5. The number of carbonyl (C=O) groups is 1. The van der Waals surface area contributed by atoms with Crippen LogP contribution < -0.4 is 0 Å². The van der Waals surface area contributed by atoms with Crippen LogP contribution in [0.25, 0.3) is 0 Å². The van der Waals surface area contributed by atoms with E-state index in [0.717, 1.165) is 37.3 Å². The number of likely N-dealkylation sites (tertiary alicyclic amines) is 1. The van der Waals surface area contributed by atoms with E-state index in [2.05, 4.69) is 31.2 Å². The quantitative estimate of drug-likeness (QED) is 0.856. The van der Waals surface area contributed by atoms with Crippen LogP contribution in [0, 0.1) is 6.92 Å². The third kappa shape index (κ3) is 3.18. The van der Waals surface area contributed by atoms with Crippen LogP contribution in [0.4, 0.5) is 0 Å². The highest BCUT2D eigenvalue weighted by atomic mass is 16.3. The van der Waals surface area contributed by atoms with Gasteiger partial charge in [-0.05, 0) is 37.5 Å². The van der Waals surface area contributed by atoms with Crippen LogP contribution in [0.2, 0.25) is 0 Å². The summed E-state index contributed by atoms with van der Waals surface area (Å²) in [6.07, 6.45) is 4.41. The second kappa shape index (κ2) is 6.17. The number of aryl methyl sites for hydroxylation is 1. The smallest absolute Gasteiger partial charge is 0.223 e. The van der Waals surface area contributed by atoms with Gasteiger partial charge in [0, 0.05) is 19.5 Å². The minimum absolute atomic E-state index is 0.00806. The van der Waals surface area contributed by atoms with Gasteiger partial charge in [-0.15, -0.1) is 0 Å². The molecule has 1 aromatic carbocycles. The topological polar surface area (TPSA) is 33.5 Å². The summed E-state index contributed by atoms with van der Waals surface area (Å²) in [5.41, 5.74) is 2.37. The Morgan fingerprint density at radius 1 is 1.19 bits per heavy atom. The third-order valence-corrected chi connectivity index (χ3v) is 4.20. The molecule has 1 fully saturated rings.